The summed E-state index contributed by atoms with van der Waals surface area (Å²) < 4.78 is 20.4. The third kappa shape index (κ3) is 4.21. The highest BCUT2D eigenvalue weighted by molar-refractivity contribution is 6.33. The lowest BCUT2D eigenvalue weighted by atomic mass is 10.1. The fraction of sp³-hybridized carbons (Fsp3) is 0.200. The van der Waals surface area contributed by atoms with Crippen LogP contribution in [0.5, 0.6) is 5.75 Å². The summed E-state index contributed by atoms with van der Waals surface area (Å²) in [6, 6.07) is 15.4. The Balaban J connectivity index is 1.71. The SMILES string of the molecule is Cc1ccn(C[C@H](O)COc2ccc(F)cc2)c1-c1ccccc1Cl. The molecule has 0 aliphatic heterocycles. The van der Waals surface area contributed by atoms with Crippen LogP contribution in [0.3, 0.4) is 0 Å². The molecular weight excluding hydrogens is 341 g/mol. The van der Waals surface area contributed by atoms with Gasteiger partial charge in [0.25, 0.3) is 0 Å². The molecular formula is C20H19ClFNO2. The fourth-order valence-electron chi connectivity index (χ4n) is 2.76. The molecule has 1 N–H and O–H groups in total. The van der Waals surface area contributed by atoms with Crippen LogP contribution in [0.25, 0.3) is 11.3 Å². The molecule has 3 aromatic rings. The molecule has 0 amide bonds. The molecule has 25 heavy (non-hydrogen) atoms. The molecule has 0 aliphatic carbocycles. The first-order valence-electron chi connectivity index (χ1n) is 8.01. The Morgan fingerprint density at radius 3 is 2.56 bits per heavy atom. The molecule has 0 unspecified atom stereocenters. The summed E-state index contributed by atoms with van der Waals surface area (Å²) >= 11 is 6.32. The van der Waals surface area contributed by atoms with Crippen molar-refractivity contribution in [2.24, 2.45) is 0 Å². The van der Waals surface area contributed by atoms with Crippen molar-refractivity contribution in [1.29, 1.82) is 0 Å². The van der Waals surface area contributed by atoms with Gasteiger partial charge in [-0.2, -0.15) is 0 Å². The van der Waals surface area contributed by atoms with Gasteiger partial charge in [-0.05, 0) is 48.9 Å². The monoisotopic (exact) mass is 359 g/mol. The van der Waals surface area contributed by atoms with E-state index in [1.807, 2.05) is 48.0 Å². The highest BCUT2D eigenvalue weighted by Gasteiger charge is 2.14. The average molecular weight is 360 g/mol. The molecule has 0 saturated heterocycles. The fourth-order valence-corrected chi connectivity index (χ4v) is 2.98. The second-order valence-electron chi connectivity index (χ2n) is 5.90. The highest BCUT2D eigenvalue weighted by Crippen LogP contribution is 2.31. The van der Waals surface area contributed by atoms with E-state index >= 15 is 0 Å². The minimum absolute atomic E-state index is 0.116. The standard InChI is InChI=1S/C20H19ClFNO2/c1-14-10-11-23(20(14)18-4-2-3-5-19(18)21)12-16(24)13-25-17-8-6-15(22)7-9-17/h2-11,16,24H,12-13H2,1H3/t16-/m0/s1. The van der Waals surface area contributed by atoms with Crippen molar-refractivity contribution < 1.29 is 14.2 Å². The maximum atomic E-state index is 12.9. The van der Waals surface area contributed by atoms with Gasteiger partial charge in [-0.1, -0.05) is 29.8 Å². The maximum Gasteiger partial charge on any atom is 0.123 e. The highest BCUT2D eigenvalue weighted by atomic mass is 35.5. The molecule has 0 bridgehead atoms. The van der Waals surface area contributed by atoms with Gasteiger partial charge in [-0.3, -0.25) is 0 Å². The first kappa shape index (κ1) is 17.5. The number of benzene rings is 2. The molecule has 2 aromatic carbocycles. The molecule has 0 saturated carbocycles. The zero-order valence-corrected chi connectivity index (χ0v) is 14.6. The molecule has 0 spiro atoms. The second kappa shape index (κ2) is 7.72. The zero-order chi connectivity index (χ0) is 17.8. The second-order valence-corrected chi connectivity index (χ2v) is 6.31. The van der Waals surface area contributed by atoms with E-state index in [-0.39, 0.29) is 12.4 Å². The number of aryl methyl sites for hydroxylation is 1. The van der Waals surface area contributed by atoms with Crippen LogP contribution >= 0.6 is 11.6 Å². The molecule has 1 aromatic heterocycles. The Labute approximate surface area is 151 Å². The van der Waals surface area contributed by atoms with E-state index in [4.69, 9.17) is 16.3 Å². The zero-order valence-electron chi connectivity index (χ0n) is 13.8. The lowest BCUT2D eigenvalue weighted by molar-refractivity contribution is 0.0929. The van der Waals surface area contributed by atoms with Gasteiger partial charge in [0.15, 0.2) is 0 Å². The van der Waals surface area contributed by atoms with E-state index in [1.54, 1.807) is 0 Å². The van der Waals surface area contributed by atoms with Gasteiger partial charge in [0.05, 0.1) is 12.2 Å². The predicted molar refractivity (Wildman–Crippen MR) is 97.5 cm³/mol. The van der Waals surface area contributed by atoms with Crippen molar-refractivity contribution in [3.63, 3.8) is 0 Å². The molecule has 5 heteroatoms. The van der Waals surface area contributed by atoms with Crippen LogP contribution < -0.4 is 4.74 Å². The largest absolute Gasteiger partial charge is 0.491 e. The Morgan fingerprint density at radius 2 is 1.84 bits per heavy atom. The molecule has 3 rings (SSSR count). The number of hydrogen-bond donors (Lipinski definition) is 1. The minimum atomic E-state index is -0.710. The van der Waals surface area contributed by atoms with Crippen LogP contribution in [0.15, 0.2) is 60.8 Å². The number of nitrogens with zero attached hydrogens (tertiary/aromatic N) is 1. The average Bonchev–Trinajstić information content (AvgIpc) is 2.95. The van der Waals surface area contributed by atoms with Crippen LogP contribution in [-0.2, 0) is 6.54 Å². The number of hydrogen-bond acceptors (Lipinski definition) is 2. The van der Waals surface area contributed by atoms with Crippen molar-refractivity contribution in [2.75, 3.05) is 6.61 Å². The van der Waals surface area contributed by atoms with Gasteiger partial charge in [0.1, 0.15) is 24.3 Å². The Hall–Kier alpha value is -2.30. The topological polar surface area (TPSA) is 34.4 Å². The molecule has 1 heterocycles. The summed E-state index contributed by atoms with van der Waals surface area (Å²) in [5.74, 6) is 0.204. The first-order valence-corrected chi connectivity index (χ1v) is 8.39. The number of aromatic nitrogens is 1. The quantitative estimate of drug-likeness (QED) is 0.692. The minimum Gasteiger partial charge on any atom is -0.491 e. The predicted octanol–water partition coefficient (Wildman–Crippen LogP) is 4.70. The summed E-state index contributed by atoms with van der Waals surface area (Å²) in [6.45, 7) is 2.50. The van der Waals surface area contributed by atoms with Gasteiger partial charge >= 0.3 is 0 Å². The van der Waals surface area contributed by atoms with E-state index in [1.165, 1.54) is 24.3 Å². The number of rotatable bonds is 6. The van der Waals surface area contributed by atoms with Crippen LogP contribution in [0.1, 0.15) is 5.56 Å². The van der Waals surface area contributed by atoms with Crippen LogP contribution in [0.2, 0.25) is 5.02 Å². The third-order valence-corrected chi connectivity index (χ3v) is 4.29. The number of aliphatic hydroxyl groups excluding tert-OH is 1. The summed E-state index contributed by atoms with van der Waals surface area (Å²) in [5, 5.41) is 11.0. The lowest BCUT2D eigenvalue weighted by Gasteiger charge is -2.17. The Bertz CT molecular complexity index is 845. The third-order valence-electron chi connectivity index (χ3n) is 3.96. The van der Waals surface area contributed by atoms with E-state index < -0.39 is 6.10 Å². The van der Waals surface area contributed by atoms with E-state index in [2.05, 4.69) is 0 Å². The summed E-state index contributed by atoms with van der Waals surface area (Å²) in [5.41, 5.74) is 2.99. The molecule has 0 radical (unpaired) electrons. The maximum absolute atomic E-state index is 12.9. The van der Waals surface area contributed by atoms with Crippen LogP contribution in [0, 0.1) is 12.7 Å². The smallest absolute Gasteiger partial charge is 0.123 e. The van der Waals surface area contributed by atoms with E-state index in [9.17, 15) is 9.50 Å². The van der Waals surface area contributed by atoms with Crippen LogP contribution in [0.4, 0.5) is 4.39 Å². The van der Waals surface area contributed by atoms with Gasteiger partial charge in [-0.15, -0.1) is 0 Å². The van der Waals surface area contributed by atoms with Crippen molar-refractivity contribution in [3.8, 4) is 17.0 Å². The van der Waals surface area contributed by atoms with Gasteiger partial charge in [0, 0.05) is 16.8 Å². The molecule has 0 fully saturated rings. The van der Waals surface area contributed by atoms with E-state index in [0.29, 0.717) is 17.3 Å². The van der Waals surface area contributed by atoms with Crippen molar-refractivity contribution in [2.45, 2.75) is 19.6 Å². The van der Waals surface area contributed by atoms with Gasteiger partial charge in [-0.25, -0.2) is 4.39 Å². The summed E-state index contributed by atoms with van der Waals surface area (Å²) in [4.78, 5) is 0. The number of aliphatic hydroxyl groups is 1. The van der Waals surface area contributed by atoms with Gasteiger partial charge < -0.3 is 14.4 Å². The normalized spacial score (nSPS) is 12.2. The summed E-state index contributed by atoms with van der Waals surface area (Å²) in [6.07, 6.45) is 1.22. The van der Waals surface area contributed by atoms with Crippen molar-refractivity contribution >= 4 is 11.6 Å². The number of halogens is 2. The summed E-state index contributed by atoms with van der Waals surface area (Å²) in [7, 11) is 0. The Kier molecular flexibility index (Phi) is 5.41. The first-order chi connectivity index (χ1) is 12.0. The van der Waals surface area contributed by atoms with E-state index in [0.717, 1.165) is 16.8 Å². The molecule has 130 valence electrons. The number of ether oxygens (including phenoxy) is 1. The van der Waals surface area contributed by atoms with Gasteiger partial charge in [0.2, 0.25) is 0 Å². The molecule has 0 aliphatic rings. The van der Waals surface area contributed by atoms with Crippen molar-refractivity contribution in [1.82, 2.24) is 4.57 Å². The van der Waals surface area contributed by atoms with Crippen LogP contribution in [-0.4, -0.2) is 22.4 Å². The van der Waals surface area contributed by atoms with Crippen molar-refractivity contribution in [3.05, 3.63) is 77.2 Å². The lowest BCUT2D eigenvalue weighted by Crippen LogP contribution is -2.23. The Morgan fingerprint density at radius 1 is 1.12 bits per heavy atom. The molecule has 1 atom stereocenters. The molecule has 3 nitrogen and oxygen atoms in total.